The van der Waals surface area contributed by atoms with E-state index >= 15 is 0 Å². The minimum absolute atomic E-state index is 0. The van der Waals surface area contributed by atoms with Crippen molar-refractivity contribution in [3.8, 4) is 33.6 Å². The molecule has 1 radical (unpaired) electrons. The molecule has 0 aliphatic carbocycles. The number of aryl methyl sites for hydroxylation is 2. The van der Waals surface area contributed by atoms with E-state index in [9.17, 15) is 0 Å². The molecule has 0 amide bonds. The molecule has 0 spiro atoms. The van der Waals surface area contributed by atoms with Crippen LogP contribution in [-0.4, -0.2) is 15.0 Å². The Morgan fingerprint density at radius 3 is 2.43 bits per heavy atom. The molecule has 0 atom stereocenters. The molecule has 4 aromatic heterocycles. The molecule has 0 aliphatic heterocycles. The molecule has 0 fully saturated rings. The van der Waals surface area contributed by atoms with Gasteiger partial charge in [0, 0.05) is 43.3 Å². The Morgan fingerprint density at radius 2 is 1.66 bits per heavy atom. The number of rotatable bonds is 3. The molecule has 0 saturated carbocycles. The number of aromatic nitrogens is 3. The Balaban J connectivity index is 0.000000186. The van der Waals surface area contributed by atoms with Gasteiger partial charge in [0.25, 0.3) is 0 Å². The van der Waals surface area contributed by atoms with E-state index in [0.29, 0.717) is 16.7 Å². The van der Waals surface area contributed by atoms with E-state index in [1.54, 1.807) is 17.4 Å². The van der Waals surface area contributed by atoms with Gasteiger partial charge in [-0.05, 0) is 47.1 Å². The van der Waals surface area contributed by atoms with Crippen LogP contribution in [0.4, 0.5) is 0 Å². The van der Waals surface area contributed by atoms with Crippen molar-refractivity contribution in [3.63, 3.8) is 0 Å². The number of fused-ring (bicyclic) bond motifs is 5. The van der Waals surface area contributed by atoms with Crippen LogP contribution in [0.25, 0.3) is 65.8 Å². The molecule has 0 saturated heterocycles. The van der Waals surface area contributed by atoms with Gasteiger partial charge in [0.15, 0.2) is 0 Å². The topological polar surface area (TPSA) is 51.8 Å². The van der Waals surface area contributed by atoms with E-state index in [4.69, 9.17) is 14.9 Å². The predicted octanol–water partition coefficient (Wildman–Crippen LogP) is 11.2. The quantitative estimate of drug-likeness (QED) is 0.167. The average molecular weight is 812 g/mol. The standard InChI is InChI=1S/C22H17N2OS.C19H16N.Ir/c1-22(2,3)21-24-18-17(26-21)11-10-14-13-7-6-8-15(19(13)25-20(14)18)16-9-4-5-12-23-16;1-14-8-10-17(11-9-14)19-12-18(15(2)13-20-19)16-6-4-3-5-7-16;/h4-7,9-12H,1-3H3;3-10,12-13H,1-2H3;/q2*-1;/i4D,5D,9D,12D;;. The summed E-state index contributed by atoms with van der Waals surface area (Å²) in [6.07, 6.45) is 1.59. The van der Waals surface area contributed by atoms with Crippen LogP contribution in [-0.2, 0) is 25.5 Å². The maximum absolute atomic E-state index is 8.26. The zero-order chi connectivity index (χ0) is 35.3. The Morgan fingerprint density at radius 1 is 0.851 bits per heavy atom. The van der Waals surface area contributed by atoms with Gasteiger partial charge in [0.2, 0.25) is 0 Å². The number of pyridine rings is 2. The van der Waals surface area contributed by atoms with E-state index < -0.39 is 0 Å². The van der Waals surface area contributed by atoms with E-state index in [1.807, 2.05) is 36.5 Å². The van der Waals surface area contributed by atoms with Crippen molar-refractivity contribution in [2.24, 2.45) is 0 Å². The first kappa shape index (κ1) is 27.6. The first-order valence-corrected chi connectivity index (χ1v) is 15.8. The van der Waals surface area contributed by atoms with Crippen molar-refractivity contribution >= 4 is 43.5 Å². The second kappa shape index (κ2) is 13.3. The third kappa shape index (κ3) is 6.55. The Bertz CT molecular complexity index is 2540. The number of nitrogens with zero attached hydrogens (tertiary/aromatic N) is 3. The van der Waals surface area contributed by atoms with Gasteiger partial charge in [-0.3, -0.25) is 0 Å². The van der Waals surface area contributed by atoms with E-state index in [1.165, 1.54) is 22.3 Å². The van der Waals surface area contributed by atoms with Crippen molar-refractivity contribution in [1.82, 2.24) is 15.0 Å². The van der Waals surface area contributed by atoms with Crippen molar-refractivity contribution in [1.29, 1.82) is 0 Å². The smallest absolute Gasteiger partial charge is 0.148 e. The molecule has 6 heteroatoms. The van der Waals surface area contributed by atoms with Crippen LogP contribution in [0.15, 0.2) is 114 Å². The maximum Gasteiger partial charge on any atom is 0.148 e. The van der Waals surface area contributed by atoms with E-state index in [0.717, 1.165) is 37.3 Å². The van der Waals surface area contributed by atoms with Gasteiger partial charge in [0.05, 0.1) is 20.8 Å². The van der Waals surface area contributed by atoms with Crippen LogP contribution >= 0.6 is 11.3 Å². The molecule has 4 nitrogen and oxygen atoms in total. The van der Waals surface area contributed by atoms with Crippen LogP contribution in [0.5, 0.6) is 0 Å². The fourth-order valence-electron chi connectivity index (χ4n) is 5.30. The summed E-state index contributed by atoms with van der Waals surface area (Å²) in [5, 5.41) is 2.76. The van der Waals surface area contributed by atoms with Gasteiger partial charge in [0.1, 0.15) is 11.1 Å². The summed E-state index contributed by atoms with van der Waals surface area (Å²) in [5.41, 5.74) is 9.26. The molecule has 4 heterocycles. The minimum Gasteiger partial charge on any atom is -0.498 e. The molecular formula is C41H33IrN3OS-2. The zero-order valence-corrected chi connectivity index (χ0v) is 29.8. The third-order valence-electron chi connectivity index (χ3n) is 7.74. The maximum atomic E-state index is 8.26. The number of thiazole rings is 1. The van der Waals surface area contributed by atoms with Crippen molar-refractivity contribution < 1.29 is 30.0 Å². The van der Waals surface area contributed by atoms with Crippen LogP contribution in [0.3, 0.4) is 0 Å². The summed E-state index contributed by atoms with van der Waals surface area (Å²) in [4.78, 5) is 13.5. The number of furan rings is 1. The first-order valence-electron chi connectivity index (χ1n) is 17.0. The Hall–Kier alpha value is -4.48. The Labute approximate surface area is 298 Å². The second-order valence-corrected chi connectivity index (χ2v) is 13.3. The van der Waals surface area contributed by atoms with Crippen molar-refractivity contribution in [2.75, 3.05) is 0 Å². The van der Waals surface area contributed by atoms with Crippen molar-refractivity contribution in [2.45, 2.75) is 40.0 Å². The largest absolute Gasteiger partial charge is 0.498 e. The molecule has 0 bridgehead atoms. The minimum atomic E-state index is -0.362. The van der Waals surface area contributed by atoms with E-state index in [-0.39, 0.29) is 55.5 Å². The summed E-state index contributed by atoms with van der Waals surface area (Å²) in [5.74, 6) is 0. The third-order valence-corrected chi connectivity index (χ3v) is 9.18. The summed E-state index contributed by atoms with van der Waals surface area (Å²) in [7, 11) is 0. The zero-order valence-electron chi connectivity index (χ0n) is 30.6. The molecule has 0 unspecified atom stereocenters. The number of benzene rings is 4. The number of hydrogen-bond donors (Lipinski definition) is 0. The molecule has 235 valence electrons. The molecule has 0 aliphatic rings. The van der Waals surface area contributed by atoms with Crippen LogP contribution in [0, 0.1) is 26.0 Å². The molecule has 0 N–H and O–H groups in total. The van der Waals surface area contributed by atoms with Gasteiger partial charge in [-0.2, -0.15) is 0 Å². The van der Waals surface area contributed by atoms with Gasteiger partial charge in [-0.25, -0.2) is 4.98 Å². The predicted molar refractivity (Wildman–Crippen MR) is 191 cm³/mol. The van der Waals surface area contributed by atoms with Crippen molar-refractivity contribution in [3.05, 3.63) is 138 Å². The second-order valence-electron chi connectivity index (χ2n) is 12.2. The summed E-state index contributed by atoms with van der Waals surface area (Å²) in [6, 6.07) is 31.8. The summed E-state index contributed by atoms with van der Waals surface area (Å²) >= 11 is 1.65. The fourth-order valence-corrected chi connectivity index (χ4v) is 6.32. The normalized spacial score (nSPS) is 12.5. The molecule has 4 aromatic carbocycles. The first-order chi connectivity index (χ1) is 23.9. The monoisotopic (exact) mass is 812 g/mol. The Kier molecular flexibility index (Phi) is 7.83. The summed E-state index contributed by atoms with van der Waals surface area (Å²) < 4.78 is 39.1. The van der Waals surface area contributed by atoms with Crippen LogP contribution in [0.1, 0.15) is 42.4 Å². The van der Waals surface area contributed by atoms with Gasteiger partial charge in [-0.1, -0.05) is 93.2 Å². The van der Waals surface area contributed by atoms with Gasteiger partial charge < -0.3 is 14.4 Å². The van der Waals surface area contributed by atoms with E-state index in [2.05, 4.69) is 99.2 Å². The van der Waals surface area contributed by atoms with Crippen LogP contribution in [0.2, 0.25) is 0 Å². The molecule has 47 heavy (non-hydrogen) atoms. The van der Waals surface area contributed by atoms with Gasteiger partial charge >= 0.3 is 0 Å². The molecule has 8 aromatic rings. The van der Waals surface area contributed by atoms with Crippen LogP contribution < -0.4 is 0 Å². The molecule has 8 rings (SSSR count). The summed E-state index contributed by atoms with van der Waals surface area (Å²) in [6.45, 7) is 10.5. The number of hydrogen-bond acceptors (Lipinski definition) is 5. The molecular weight excluding hydrogens is 775 g/mol. The average Bonchev–Trinajstić information content (AvgIpc) is 3.73. The SMILES string of the molecule is Cc1c[c-]c(-c2cc(-c3ccccc3)c(C)cn2)cc1.[2H]c1nc(-c2[c-]ccc3c2oc2c3ccc3sc(C(C)(C)C)nc32)c([2H])c([2H])c1[2H].[Ir]. The van der Waals surface area contributed by atoms with Gasteiger partial charge in [-0.15, -0.1) is 64.9 Å². The fraction of sp³-hybridized carbons (Fsp3) is 0.146.